The van der Waals surface area contributed by atoms with Gasteiger partial charge in [0.2, 0.25) is 17.7 Å². The molecule has 4 atom stereocenters. The van der Waals surface area contributed by atoms with Gasteiger partial charge in [-0.05, 0) is 133 Å². The summed E-state index contributed by atoms with van der Waals surface area (Å²) < 4.78 is 102. The molecule has 0 aliphatic rings. The number of benzene rings is 5. The second-order valence-electron chi connectivity index (χ2n) is 24.7. The summed E-state index contributed by atoms with van der Waals surface area (Å²) in [4.78, 5) is 122. The number of carboxylic acids is 1. The number of aliphatic carboxylic acids is 1. The molecule has 0 saturated carbocycles. The van der Waals surface area contributed by atoms with Gasteiger partial charge < -0.3 is 87.3 Å². The summed E-state index contributed by atoms with van der Waals surface area (Å²) in [5, 5.41) is 38.7. The number of carbonyl (C=O) groups excluding carboxylic acids is 8. The number of rotatable bonds is 40. The van der Waals surface area contributed by atoms with Crippen molar-refractivity contribution >= 4 is 114 Å². The van der Waals surface area contributed by atoms with E-state index in [2.05, 4.69) is 77.5 Å². The zero-order valence-electron chi connectivity index (χ0n) is 60.9. The minimum absolute atomic E-state index is 0.0257. The van der Waals surface area contributed by atoms with Gasteiger partial charge in [0.25, 0.3) is 15.9 Å². The maximum Gasteiger partial charge on any atom is 0.407 e. The van der Waals surface area contributed by atoms with E-state index >= 15 is 0 Å². The molecule has 11 amide bonds. The van der Waals surface area contributed by atoms with Crippen LogP contribution in [0, 0.1) is 17.6 Å². The summed E-state index contributed by atoms with van der Waals surface area (Å²) in [6.45, 7) is 7.49. The first kappa shape index (κ1) is 85.3. The Morgan fingerprint density at radius 1 is 0.600 bits per heavy atom. The Labute approximate surface area is 633 Å². The first-order chi connectivity index (χ1) is 52.5. The van der Waals surface area contributed by atoms with Crippen LogP contribution < -0.4 is 67.9 Å². The summed E-state index contributed by atoms with van der Waals surface area (Å²) in [5.41, 5.74) is 3.01. The highest BCUT2D eigenvalue weighted by atomic mass is 32.2. The van der Waals surface area contributed by atoms with Crippen molar-refractivity contribution in [3.8, 4) is 16.9 Å². The van der Waals surface area contributed by atoms with Gasteiger partial charge in [-0.1, -0.05) is 51.1 Å². The van der Waals surface area contributed by atoms with Gasteiger partial charge >= 0.3 is 30.2 Å². The lowest BCUT2D eigenvalue weighted by molar-refractivity contribution is -0.137. The van der Waals surface area contributed by atoms with Crippen molar-refractivity contribution in [2.75, 3.05) is 104 Å². The van der Waals surface area contributed by atoms with Crippen LogP contribution in [0.4, 0.5) is 68.0 Å². The normalized spacial score (nSPS) is 12.4. The molecule has 7 rings (SSSR count). The maximum absolute atomic E-state index is 14.9. The molecular formula is C73H87F2N15O18S2. The molecule has 0 bridgehead atoms. The van der Waals surface area contributed by atoms with E-state index in [1.54, 1.807) is 50.2 Å². The molecule has 4 unspecified atom stereocenters. The Morgan fingerprint density at radius 2 is 1.23 bits per heavy atom. The number of alkyl carbamates (subject to hydrolysis) is 1. The maximum atomic E-state index is 14.9. The molecule has 37 heteroatoms. The number of nitrogens with one attached hydrogen (secondary N) is 12. The smallest absolute Gasteiger partial charge is 0.407 e. The molecule has 0 aliphatic heterocycles. The van der Waals surface area contributed by atoms with Crippen molar-refractivity contribution in [2.45, 2.75) is 82.3 Å². The number of carbonyl (C=O) groups is 9. The van der Waals surface area contributed by atoms with Crippen LogP contribution in [0.15, 0.2) is 155 Å². The molecule has 0 radical (unpaired) electrons. The van der Waals surface area contributed by atoms with Crippen molar-refractivity contribution in [1.29, 1.82) is 0 Å². The van der Waals surface area contributed by atoms with Crippen LogP contribution >= 0.6 is 0 Å². The topological polar surface area (TPSA) is 454 Å². The lowest BCUT2D eigenvalue weighted by atomic mass is 10.0. The number of aromatic nitrogens is 2. The monoisotopic (exact) mass is 1560 g/mol. The number of hydrogen-bond acceptors (Lipinski definition) is 20. The van der Waals surface area contributed by atoms with Gasteiger partial charge in [-0.2, -0.15) is 4.36 Å². The number of sulfonamides is 1. The number of nitrogens with zero attached hydrogens (tertiary/aromatic N) is 3. The third kappa shape index (κ3) is 29.3. The van der Waals surface area contributed by atoms with E-state index in [0.717, 1.165) is 12.3 Å². The highest BCUT2D eigenvalue weighted by molar-refractivity contribution is 7.93. The summed E-state index contributed by atoms with van der Waals surface area (Å²) in [6, 6.07) is 27.0. The average molecular weight is 1560 g/mol. The number of carboxylic acid groups (broad SMARTS) is 1. The number of ether oxygens (including phenoxy) is 5. The number of halogens is 2. The molecule has 0 fully saturated rings. The van der Waals surface area contributed by atoms with E-state index in [0.29, 0.717) is 41.2 Å². The third-order valence-corrected chi connectivity index (χ3v) is 18.3. The summed E-state index contributed by atoms with van der Waals surface area (Å²) >= 11 is 0. The Balaban J connectivity index is 0.705. The van der Waals surface area contributed by atoms with Crippen LogP contribution in [-0.2, 0) is 75.0 Å². The highest BCUT2D eigenvalue weighted by Gasteiger charge is 2.28. The molecule has 2 heterocycles. The van der Waals surface area contributed by atoms with Crippen molar-refractivity contribution in [3.63, 3.8) is 0 Å². The van der Waals surface area contributed by atoms with Crippen molar-refractivity contribution in [3.05, 3.63) is 174 Å². The van der Waals surface area contributed by atoms with Crippen molar-refractivity contribution in [2.24, 2.45) is 10.3 Å². The van der Waals surface area contributed by atoms with E-state index in [1.807, 2.05) is 6.92 Å². The fourth-order valence-corrected chi connectivity index (χ4v) is 12.5. The summed E-state index contributed by atoms with van der Waals surface area (Å²) in [6.07, 6.45) is 2.81. The number of methoxy groups -OCH3 is 1. The predicted octanol–water partition coefficient (Wildman–Crippen LogP) is 8.74. The third-order valence-electron chi connectivity index (χ3n) is 15.4. The molecule has 5 aromatic carbocycles. The molecule has 110 heavy (non-hydrogen) atoms. The molecule has 0 aliphatic carbocycles. The van der Waals surface area contributed by atoms with Gasteiger partial charge in [0.15, 0.2) is 0 Å². The van der Waals surface area contributed by atoms with Gasteiger partial charge in [-0.15, -0.1) is 0 Å². The second kappa shape index (κ2) is 42.6. The fourth-order valence-electron chi connectivity index (χ4n) is 10.1. The second-order valence-corrected chi connectivity index (χ2v) is 28.8. The number of urea groups is 3. The largest absolute Gasteiger partial charge is 0.496 e. The molecular weight excluding hydrogens is 1480 g/mol. The summed E-state index contributed by atoms with van der Waals surface area (Å²) in [5.74, 6) is -4.97. The zero-order chi connectivity index (χ0) is 79.8. The standard InChI is InChI=1S/C73H87F2N15O18S2/c1-7-26-77-70(97)85-54-11-9-13-56(38-54)110(102,103)89-55-12-8-10-49(36-55)60(40-66(93)94)86-72(99)84-53-21-19-52(20-22-53)83-71(98)78-28-30-106-32-34-107-33-31-105-29-25-64(91)88-67(45(2)3)69(96)81-46(4)68(95)82-51-17-14-47(15-18-51)43-108-73(100)80-42-65(92)90-109(6,101)44-48-24-27-76-62(35-48)87-63-39-58(59(75)41-79-63)57-23-16-50(74)37-61(57)104-5/h8-24,27,35-39,41,45-46,60,67,89H,7,25-26,28-34,40,42-44H2,1-6H3,(H,80,100)(H,81,96)(H,82,95)(H,88,91)(H,93,94)(H,76,79,87)(H2,77,85,97)(H2,78,83,98)(H2,84,86,99). The van der Waals surface area contributed by atoms with Crippen LogP contribution in [0.3, 0.4) is 0 Å². The lowest BCUT2D eigenvalue weighted by Crippen LogP contribution is -2.53. The van der Waals surface area contributed by atoms with Gasteiger partial charge in [0.1, 0.15) is 54.3 Å². The fraction of sp³-hybridized carbons (Fsp3) is 0.329. The van der Waals surface area contributed by atoms with Crippen molar-refractivity contribution < 1.29 is 93.3 Å². The van der Waals surface area contributed by atoms with Crippen LogP contribution in [0.1, 0.15) is 69.7 Å². The van der Waals surface area contributed by atoms with E-state index in [9.17, 15) is 69.7 Å². The molecule has 0 saturated heterocycles. The number of amides is 11. The SMILES string of the molecule is CCCNC(=O)Nc1cccc(S(=O)(=O)Nc2cccc(C(CC(=O)O)NC(=O)Nc3ccc(NC(=O)NCCOCCOCCOCCC(=O)NC(C(=O)NC(C)C(=O)Nc4ccc(COC(=O)NCC(=O)N=S(C)(=O)Cc5ccnc(Nc6cc(-c7ccc(F)cc7OC)c(F)cn6)c5)cc4)C(C)C)cc3)c2)c1. The number of anilines is 7. The first-order valence-electron chi connectivity index (χ1n) is 34.3. The lowest BCUT2D eigenvalue weighted by Gasteiger charge is -2.24. The predicted molar refractivity (Wildman–Crippen MR) is 405 cm³/mol. The van der Waals surface area contributed by atoms with Crippen LogP contribution in [0.2, 0.25) is 0 Å². The highest BCUT2D eigenvalue weighted by Crippen LogP contribution is 2.34. The summed E-state index contributed by atoms with van der Waals surface area (Å²) in [7, 11) is -6.03. The van der Waals surface area contributed by atoms with Crippen molar-refractivity contribution in [1.82, 2.24) is 41.9 Å². The van der Waals surface area contributed by atoms with E-state index in [1.165, 1.54) is 117 Å². The van der Waals surface area contributed by atoms with Gasteiger partial charge in [-0.3, -0.25) is 28.7 Å². The molecule has 588 valence electrons. The van der Waals surface area contributed by atoms with Crippen LogP contribution in [0.25, 0.3) is 11.1 Å². The Morgan fingerprint density at radius 3 is 1.91 bits per heavy atom. The number of pyridine rings is 2. The minimum atomic E-state index is -4.18. The average Bonchev–Trinajstić information content (AvgIpc) is 0.810. The van der Waals surface area contributed by atoms with Gasteiger partial charge in [-0.25, -0.2) is 50.6 Å². The van der Waals surface area contributed by atoms with Gasteiger partial charge in [0, 0.05) is 77.6 Å². The number of hydrogen-bond donors (Lipinski definition) is 13. The molecule has 33 nitrogen and oxygen atoms in total. The van der Waals surface area contributed by atoms with Crippen LogP contribution in [-0.4, -0.2) is 166 Å². The zero-order valence-corrected chi connectivity index (χ0v) is 62.5. The molecule has 13 N–H and O–H groups in total. The Hall–Kier alpha value is -11.9. The Bertz CT molecular complexity index is 4620. The minimum Gasteiger partial charge on any atom is -0.496 e. The van der Waals surface area contributed by atoms with Gasteiger partial charge in [0.05, 0.1) is 85.8 Å². The molecule has 0 spiro atoms. The van der Waals surface area contributed by atoms with E-state index in [4.69, 9.17) is 23.7 Å². The first-order valence-corrected chi connectivity index (χ1v) is 37.9. The van der Waals surface area contributed by atoms with Crippen LogP contribution in [0.5, 0.6) is 5.75 Å². The molecule has 7 aromatic rings. The van der Waals surface area contributed by atoms with E-state index < -0.39 is 116 Å². The van der Waals surface area contributed by atoms with E-state index in [-0.39, 0.29) is 121 Å². The Kier molecular flexibility index (Phi) is 33.0. The quantitative estimate of drug-likeness (QED) is 0.0160. The molecule has 2 aromatic heterocycles.